The molecule has 1 N–H and O–H groups in total. The third kappa shape index (κ3) is 5.34. The van der Waals surface area contributed by atoms with E-state index in [1.165, 1.54) is 17.7 Å². The van der Waals surface area contributed by atoms with Gasteiger partial charge in [0.1, 0.15) is 5.82 Å². The molecule has 1 atom stereocenters. The minimum Gasteiger partial charge on any atom is -0.383 e. The van der Waals surface area contributed by atoms with Gasteiger partial charge in [-0.3, -0.25) is 0 Å². The molecule has 5 nitrogen and oxygen atoms in total. The second-order valence-corrected chi connectivity index (χ2v) is 5.51. The molecule has 2 rings (SSSR count). The zero-order chi connectivity index (χ0) is 14.9. The van der Waals surface area contributed by atoms with Gasteiger partial charge in [0.15, 0.2) is 0 Å². The fourth-order valence-corrected chi connectivity index (χ4v) is 2.71. The van der Waals surface area contributed by atoms with Gasteiger partial charge in [-0.15, -0.1) is 0 Å². The Labute approximate surface area is 127 Å². The van der Waals surface area contributed by atoms with Gasteiger partial charge < -0.3 is 14.8 Å². The third-order valence-corrected chi connectivity index (χ3v) is 3.89. The molecule has 1 aromatic rings. The van der Waals surface area contributed by atoms with E-state index in [4.69, 9.17) is 14.5 Å². The van der Waals surface area contributed by atoms with Crippen LogP contribution in [-0.4, -0.2) is 50.0 Å². The quantitative estimate of drug-likeness (QED) is 0.697. The lowest BCUT2D eigenvalue weighted by Crippen LogP contribution is -2.30. The minimum atomic E-state index is 0.687. The maximum absolute atomic E-state index is 5.36. The van der Waals surface area contributed by atoms with Gasteiger partial charge in [-0.2, -0.15) is 0 Å². The molecule has 0 aliphatic heterocycles. The van der Waals surface area contributed by atoms with Crippen LogP contribution < -0.4 is 5.32 Å². The first kappa shape index (κ1) is 16.3. The first-order valence-electron chi connectivity index (χ1n) is 7.94. The molecular weight excluding hydrogens is 266 g/mol. The number of nitrogens with one attached hydrogen (secondary N) is 1. The number of methoxy groups -OCH3 is 1. The fraction of sp³-hybridized carbons (Fsp3) is 0.750. The molecule has 0 amide bonds. The SMILES string of the molecule is CCOCCc1ncc2c(n1)CCC(CNCCOC)C2. The molecule has 1 unspecified atom stereocenters. The van der Waals surface area contributed by atoms with Crippen molar-refractivity contribution in [1.82, 2.24) is 15.3 Å². The second kappa shape index (κ2) is 9.07. The Bertz CT molecular complexity index is 426. The van der Waals surface area contributed by atoms with Crippen molar-refractivity contribution < 1.29 is 9.47 Å². The predicted molar refractivity (Wildman–Crippen MR) is 82.5 cm³/mol. The average molecular weight is 293 g/mol. The molecule has 0 fully saturated rings. The van der Waals surface area contributed by atoms with Gasteiger partial charge in [0.2, 0.25) is 0 Å². The van der Waals surface area contributed by atoms with Crippen LogP contribution in [0.3, 0.4) is 0 Å². The number of fused-ring (bicyclic) bond motifs is 1. The van der Waals surface area contributed by atoms with Crippen molar-refractivity contribution in [3.63, 3.8) is 0 Å². The number of nitrogens with zero attached hydrogens (tertiary/aromatic N) is 2. The Balaban J connectivity index is 1.81. The standard InChI is InChI=1S/C16H27N3O2/c1-3-21-8-6-16-18-12-14-10-13(4-5-15(14)19-16)11-17-7-9-20-2/h12-13,17H,3-11H2,1-2H3. The third-order valence-electron chi connectivity index (χ3n) is 3.89. The number of aryl methyl sites for hydroxylation is 1. The van der Waals surface area contributed by atoms with Gasteiger partial charge in [0, 0.05) is 38.6 Å². The summed E-state index contributed by atoms with van der Waals surface area (Å²) in [5.41, 5.74) is 2.56. The Morgan fingerprint density at radius 1 is 1.38 bits per heavy atom. The van der Waals surface area contributed by atoms with Gasteiger partial charge in [0.05, 0.1) is 13.2 Å². The van der Waals surface area contributed by atoms with E-state index in [1.807, 2.05) is 13.1 Å². The smallest absolute Gasteiger partial charge is 0.130 e. The van der Waals surface area contributed by atoms with Crippen LogP contribution in [0.4, 0.5) is 0 Å². The summed E-state index contributed by atoms with van der Waals surface area (Å²) in [6, 6.07) is 0. The van der Waals surface area contributed by atoms with Crippen molar-refractivity contribution in [3.8, 4) is 0 Å². The molecule has 0 bridgehead atoms. The highest BCUT2D eigenvalue weighted by atomic mass is 16.5. The van der Waals surface area contributed by atoms with E-state index in [0.717, 1.165) is 51.4 Å². The lowest BCUT2D eigenvalue weighted by atomic mass is 9.87. The minimum absolute atomic E-state index is 0.687. The highest BCUT2D eigenvalue weighted by molar-refractivity contribution is 5.21. The molecule has 0 aromatic carbocycles. The molecule has 1 aliphatic carbocycles. The molecule has 21 heavy (non-hydrogen) atoms. The van der Waals surface area contributed by atoms with Crippen LogP contribution >= 0.6 is 0 Å². The zero-order valence-corrected chi connectivity index (χ0v) is 13.2. The summed E-state index contributed by atoms with van der Waals surface area (Å²) in [7, 11) is 1.74. The number of hydrogen-bond acceptors (Lipinski definition) is 5. The van der Waals surface area contributed by atoms with Crippen LogP contribution in [0.1, 0.15) is 30.4 Å². The maximum atomic E-state index is 5.36. The van der Waals surface area contributed by atoms with Crippen molar-refractivity contribution in [2.24, 2.45) is 5.92 Å². The Morgan fingerprint density at radius 3 is 3.10 bits per heavy atom. The Hall–Kier alpha value is -1.04. The van der Waals surface area contributed by atoms with Crippen molar-refractivity contribution in [2.45, 2.75) is 32.6 Å². The molecule has 1 heterocycles. The van der Waals surface area contributed by atoms with Crippen molar-refractivity contribution in [3.05, 3.63) is 23.3 Å². The summed E-state index contributed by atoms with van der Waals surface area (Å²) >= 11 is 0. The van der Waals surface area contributed by atoms with E-state index < -0.39 is 0 Å². The highest BCUT2D eigenvalue weighted by Gasteiger charge is 2.20. The highest BCUT2D eigenvalue weighted by Crippen LogP contribution is 2.23. The van der Waals surface area contributed by atoms with E-state index in [1.54, 1.807) is 7.11 Å². The van der Waals surface area contributed by atoms with Crippen LogP contribution in [0, 0.1) is 5.92 Å². The van der Waals surface area contributed by atoms with Gasteiger partial charge in [-0.05, 0) is 44.2 Å². The summed E-state index contributed by atoms with van der Waals surface area (Å²) in [5.74, 6) is 1.60. The second-order valence-electron chi connectivity index (χ2n) is 5.51. The Morgan fingerprint density at radius 2 is 2.29 bits per heavy atom. The molecule has 0 radical (unpaired) electrons. The molecule has 0 saturated heterocycles. The first-order valence-corrected chi connectivity index (χ1v) is 7.94. The van der Waals surface area contributed by atoms with Crippen LogP contribution in [0.25, 0.3) is 0 Å². The predicted octanol–water partition coefficient (Wildman–Crippen LogP) is 1.40. The summed E-state index contributed by atoms with van der Waals surface area (Å²) in [6.45, 7) is 6.22. The zero-order valence-electron chi connectivity index (χ0n) is 13.2. The normalized spacial score (nSPS) is 17.7. The maximum Gasteiger partial charge on any atom is 0.130 e. The summed E-state index contributed by atoms with van der Waals surface area (Å²) in [5, 5.41) is 3.45. The summed E-state index contributed by atoms with van der Waals surface area (Å²) in [6.07, 6.45) is 6.18. The number of aromatic nitrogens is 2. The van der Waals surface area contributed by atoms with Crippen molar-refractivity contribution in [2.75, 3.05) is 40.0 Å². The van der Waals surface area contributed by atoms with Gasteiger partial charge in [0.25, 0.3) is 0 Å². The summed E-state index contributed by atoms with van der Waals surface area (Å²) < 4.78 is 10.4. The molecule has 0 saturated carbocycles. The van der Waals surface area contributed by atoms with Crippen LogP contribution in [0.2, 0.25) is 0 Å². The Kier molecular flexibility index (Phi) is 7.06. The molecule has 118 valence electrons. The van der Waals surface area contributed by atoms with Gasteiger partial charge in [-0.25, -0.2) is 9.97 Å². The van der Waals surface area contributed by atoms with Gasteiger partial charge in [-0.1, -0.05) is 0 Å². The first-order chi connectivity index (χ1) is 10.3. The van der Waals surface area contributed by atoms with E-state index in [-0.39, 0.29) is 0 Å². The molecule has 1 aliphatic rings. The molecular formula is C16H27N3O2. The largest absolute Gasteiger partial charge is 0.383 e. The molecule has 1 aromatic heterocycles. The molecule has 5 heteroatoms. The van der Waals surface area contributed by atoms with Crippen molar-refractivity contribution in [1.29, 1.82) is 0 Å². The van der Waals surface area contributed by atoms with Crippen molar-refractivity contribution >= 4 is 0 Å². The number of ether oxygens (including phenoxy) is 2. The summed E-state index contributed by atoms with van der Waals surface area (Å²) in [4.78, 5) is 9.17. The van der Waals surface area contributed by atoms with Crippen LogP contribution in [0.5, 0.6) is 0 Å². The number of rotatable bonds is 9. The van der Waals surface area contributed by atoms with Gasteiger partial charge >= 0.3 is 0 Å². The topological polar surface area (TPSA) is 56.3 Å². The van der Waals surface area contributed by atoms with Crippen LogP contribution in [0.15, 0.2) is 6.20 Å². The lowest BCUT2D eigenvalue weighted by molar-refractivity contribution is 0.149. The average Bonchev–Trinajstić information content (AvgIpc) is 2.52. The van der Waals surface area contributed by atoms with E-state index >= 15 is 0 Å². The number of hydrogen-bond donors (Lipinski definition) is 1. The van der Waals surface area contributed by atoms with E-state index in [2.05, 4.69) is 10.3 Å². The molecule has 0 spiro atoms. The fourth-order valence-electron chi connectivity index (χ4n) is 2.71. The monoisotopic (exact) mass is 293 g/mol. The lowest BCUT2D eigenvalue weighted by Gasteiger charge is -2.24. The van der Waals surface area contributed by atoms with Crippen LogP contribution in [-0.2, 0) is 28.7 Å². The van der Waals surface area contributed by atoms with E-state index in [9.17, 15) is 0 Å². The van der Waals surface area contributed by atoms with E-state index in [0.29, 0.717) is 12.5 Å².